The Kier molecular flexibility index (Phi) is 8.30. The van der Waals surface area contributed by atoms with Gasteiger partial charge in [0.2, 0.25) is 11.7 Å². The highest BCUT2D eigenvalue weighted by Crippen LogP contribution is 2.45. The molecule has 9 nitrogen and oxygen atoms in total. The number of methoxy groups -OCH3 is 1. The number of fused-ring (bicyclic) bond motifs is 1. The molecule has 0 saturated carbocycles. The molecular weight excluding hydrogens is 515 g/mol. The quantitative estimate of drug-likeness (QED) is 0.512. The lowest BCUT2D eigenvalue weighted by Gasteiger charge is -2.44. The fraction of sp³-hybridized carbons (Fsp3) is 0.467. The Balaban J connectivity index is 1.66. The van der Waals surface area contributed by atoms with E-state index in [4.69, 9.17) is 4.74 Å². The molecule has 2 aliphatic rings. The smallest absolute Gasteiger partial charge is 0.290 e. The van der Waals surface area contributed by atoms with Crippen LogP contribution in [0.3, 0.4) is 0 Å². The zero-order valence-corrected chi connectivity index (χ0v) is 24.1. The summed E-state index contributed by atoms with van der Waals surface area (Å²) in [5.74, 6) is -2.72. The molecule has 1 saturated heterocycles. The van der Waals surface area contributed by atoms with Crippen molar-refractivity contribution < 1.29 is 28.3 Å². The van der Waals surface area contributed by atoms with Crippen molar-refractivity contribution >= 4 is 29.2 Å². The van der Waals surface area contributed by atoms with E-state index in [9.17, 15) is 23.6 Å². The first-order valence-corrected chi connectivity index (χ1v) is 13.4. The van der Waals surface area contributed by atoms with E-state index in [0.717, 1.165) is 5.56 Å². The largest absolute Gasteiger partial charge is 0.496 e. The van der Waals surface area contributed by atoms with Crippen molar-refractivity contribution in [1.29, 1.82) is 0 Å². The molecule has 0 spiro atoms. The van der Waals surface area contributed by atoms with Gasteiger partial charge in [0.1, 0.15) is 11.6 Å². The van der Waals surface area contributed by atoms with Crippen molar-refractivity contribution in [2.45, 2.75) is 58.3 Å². The Morgan fingerprint density at radius 3 is 2.23 bits per heavy atom. The van der Waals surface area contributed by atoms with Crippen molar-refractivity contribution in [2.75, 3.05) is 39.2 Å². The summed E-state index contributed by atoms with van der Waals surface area (Å²) in [6.07, 6.45) is 0. The van der Waals surface area contributed by atoms with Gasteiger partial charge in [-0.25, -0.2) is 4.39 Å². The Morgan fingerprint density at radius 1 is 1.00 bits per heavy atom. The third kappa shape index (κ3) is 5.32. The molecule has 0 N–H and O–H groups in total. The molecule has 1 fully saturated rings. The van der Waals surface area contributed by atoms with Crippen LogP contribution in [0.25, 0.3) is 0 Å². The zero-order valence-electron chi connectivity index (χ0n) is 24.1. The van der Waals surface area contributed by atoms with Crippen molar-refractivity contribution in [3.63, 3.8) is 0 Å². The van der Waals surface area contributed by atoms with Crippen LogP contribution >= 0.6 is 0 Å². The first-order valence-electron chi connectivity index (χ1n) is 13.4. The van der Waals surface area contributed by atoms with Gasteiger partial charge in [0.05, 0.1) is 24.3 Å². The normalized spacial score (nSPS) is 22.6. The molecule has 3 amide bonds. The molecule has 2 heterocycles. The van der Waals surface area contributed by atoms with Gasteiger partial charge in [-0.15, -0.1) is 0 Å². The minimum absolute atomic E-state index is 0.0332. The van der Waals surface area contributed by atoms with Crippen molar-refractivity contribution in [1.82, 2.24) is 14.7 Å². The molecule has 0 radical (unpaired) electrons. The summed E-state index contributed by atoms with van der Waals surface area (Å²) in [6.45, 7) is 8.86. The van der Waals surface area contributed by atoms with Crippen LogP contribution in [0.5, 0.6) is 5.75 Å². The highest BCUT2D eigenvalue weighted by Gasteiger charge is 2.45. The Labute approximate surface area is 234 Å². The fourth-order valence-electron chi connectivity index (χ4n) is 5.86. The molecule has 2 aliphatic heterocycles. The number of hydrogen-bond donors (Lipinski definition) is 0. The number of piperazine rings is 1. The van der Waals surface area contributed by atoms with E-state index < -0.39 is 23.7 Å². The number of halogens is 1. The maximum atomic E-state index is 14.0. The Hall–Kier alpha value is -3.79. The van der Waals surface area contributed by atoms with Gasteiger partial charge in [-0.05, 0) is 50.1 Å². The van der Waals surface area contributed by atoms with Crippen LogP contribution in [-0.2, 0) is 20.9 Å². The number of carbonyl (C=O) groups is 4. The first kappa shape index (κ1) is 29.2. The first-order chi connectivity index (χ1) is 18.8. The van der Waals surface area contributed by atoms with E-state index in [-0.39, 0.29) is 35.3 Å². The fourth-order valence-corrected chi connectivity index (χ4v) is 5.86. The Morgan fingerprint density at radius 2 is 1.65 bits per heavy atom. The maximum absolute atomic E-state index is 14.0. The van der Waals surface area contributed by atoms with E-state index in [0.29, 0.717) is 36.6 Å². The number of rotatable bonds is 6. The predicted molar refractivity (Wildman–Crippen MR) is 149 cm³/mol. The number of hydrogen-bond acceptors (Lipinski definition) is 6. The van der Waals surface area contributed by atoms with Crippen LogP contribution < -0.4 is 9.64 Å². The van der Waals surface area contributed by atoms with Crippen molar-refractivity contribution in [3.05, 3.63) is 58.9 Å². The van der Waals surface area contributed by atoms with Gasteiger partial charge in [0.15, 0.2) is 0 Å². The molecule has 0 aliphatic carbocycles. The average Bonchev–Trinajstić information content (AvgIpc) is 3.20. The summed E-state index contributed by atoms with van der Waals surface area (Å²) < 4.78 is 19.0. The van der Waals surface area contributed by atoms with Crippen LogP contribution in [-0.4, -0.2) is 90.6 Å². The van der Waals surface area contributed by atoms with Crippen LogP contribution in [0.1, 0.15) is 55.1 Å². The van der Waals surface area contributed by atoms with Gasteiger partial charge < -0.3 is 19.4 Å². The zero-order chi connectivity index (χ0) is 29.5. The number of amides is 3. The van der Waals surface area contributed by atoms with Gasteiger partial charge in [-0.1, -0.05) is 12.1 Å². The average molecular weight is 553 g/mol. The number of ketones is 1. The summed E-state index contributed by atoms with van der Waals surface area (Å²) >= 11 is 0. The van der Waals surface area contributed by atoms with Crippen LogP contribution in [0.4, 0.5) is 10.1 Å². The van der Waals surface area contributed by atoms with E-state index >= 15 is 0 Å². The lowest BCUT2D eigenvalue weighted by Crippen LogP contribution is -2.57. The predicted octanol–water partition coefficient (Wildman–Crippen LogP) is 3.07. The second-order valence-electron chi connectivity index (χ2n) is 11.0. The van der Waals surface area contributed by atoms with E-state index in [1.165, 1.54) is 50.1 Å². The van der Waals surface area contributed by atoms with Gasteiger partial charge in [0.25, 0.3) is 11.8 Å². The number of likely N-dealkylation sites (N-methyl/N-ethyl adjacent to an activating group) is 1. The SMILES string of the molecule is COc1cc2c(cc1C(=O)N1C[C@H](C)N(Cc3ccc(F)cc3)C[C@H]1C)C(C(=O)C(=O)N(C)C)C(C)N2C(C)=O. The molecule has 2 unspecified atom stereocenters. The number of nitrogens with zero attached hydrogens (tertiary/aromatic N) is 4. The van der Waals surface area contributed by atoms with E-state index in [1.54, 1.807) is 36.1 Å². The molecule has 214 valence electrons. The second kappa shape index (κ2) is 11.4. The lowest BCUT2D eigenvalue weighted by atomic mass is 9.89. The molecule has 2 aromatic rings. The monoisotopic (exact) mass is 552 g/mol. The Bertz CT molecular complexity index is 1330. The summed E-state index contributed by atoms with van der Waals surface area (Å²) in [5.41, 5.74) is 2.19. The van der Waals surface area contributed by atoms with Crippen molar-refractivity contribution in [2.24, 2.45) is 0 Å². The molecule has 4 rings (SSSR count). The number of ether oxygens (including phenoxy) is 1. The van der Waals surface area contributed by atoms with E-state index in [2.05, 4.69) is 4.90 Å². The third-order valence-electron chi connectivity index (χ3n) is 7.98. The molecule has 0 bridgehead atoms. The highest BCUT2D eigenvalue weighted by atomic mass is 19.1. The summed E-state index contributed by atoms with van der Waals surface area (Å²) in [6, 6.07) is 8.95. The van der Waals surface area contributed by atoms with Gasteiger partial charge in [0, 0.05) is 64.8 Å². The molecule has 40 heavy (non-hydrogen) atoms. The van der Waals surface area contributed by atoms with Crippen LogP contribution in [0.2, 0.25) is 0 Å². The molecule has 10 heteroatoms. The molecular formula is C30H37FN4O5. The third-order valence-corrected chi connectivity index (χ3v) is 7.98. The number of benzene rings is 2. The number of carbonyl (C=O) groups excluding carboxylic acids is 4. The molecule has 2 aromatic carbocycles. The van der Waals surface area contributed by atoms with Crippen LogP contribution in [0.15, 0.2) is 36.4 Å². The maximum Gasteiger partial charge on any atom is 0.290 e. The summed E-state index contributed by atoms with van der Waals surface area (Å²) in [4.78, 5) is 59.3. The van der Waals surface area contributed by atoms with Crippen LogP contribution in [0, 0.1) is 5.82 Å². The van der Waals surface area contributed by atoms with Gasteiger partial charge in [-0.2, -0.15) is 0 Å². The van der Waals surface area contributed by atoms with E-state index in [1.807, 2.05) is 13.8 Å². The number of Topliss-reactive ketones (excluding diaryl/α,β-unsaturated/α-hetero) is 1. The van der Waals surface area contributed by atoms with Crippen molar-refractivity contribution in [3.8, 4) is 5.75 Å². The topological polar surface area (TPSA) is 90.5 Å². The van der Waals surface area contributed by atoms with Gasteiger partial charge >= 0.3 is 0 Å². The molecule has 4 atom stereocenters. The van der Waals surface area contributed by atoms with Gasteiger partial charge in [-0.3, -0.25) is 24.1 Å². The molecule has 0 aromatic heterocycles. The highest BCUT2D eigenvalue weighted by molar-refractivity contribution is 6.39. The number of anilines is 1. The lowest BCUT2D eigenvalue weighted by molar-refractivity contribution is -0.143. The summed E-state index contributed by atoms with van der Waals surface area (Å²) in [7, 11) is 4.47. The second-order valence-corrected chi connectivity index (χ2v) is 11.0. The standard InChI is InChI=1S/C30H37FN4O5/c1-17-15-34(18(2)14-33(17)16-21-8-10-22(31)11-9-21)29(38)24-12-23-25(13-26(24)40-7)35(20(4)36)19(3)27(23)28(37)30(39)32(5)6/h8-13,17-19,27H,14-16H2,1-7H3/t17-,18+,19?,27?/m0/s1. The minimum Gasteiger partial charge on any atom is -0.496 e. The summed E-state index contributed by atoms with van der Waals surface area (Å²) in [5, 5.41) is 0. The minimum atomic E-state index is -0.907.